The number of aliphatic imine (C=N–C) groups is 1. The van der Waals surface area contributed by atoms with E-state index in [1.807, 2.05) is 0 Å². The highest BCUT2D eigenvalue weighted by atomic mass is 16.3. The first-order valence-corrected chi connectivity index (χ1v) is 10.2. The Bertz CT molecular complexity index is 1110. The molecule has 2 unspecified atom stereocenters. The van der Waals surface area contributed by atoms with Gasteiger partial charge >= 0.3 is 0 Å². The monoisotopic (exact) mass is 441 g/mol. The maximum absolute atomic E-state index is 13.4. The maximum Gasteiger partial charge on any atom is 0.235 e. The number of nitrogens with zero attached hydrogens (tertiary/aromatic N) is 2. The van der Waals surface area contributed by atoms with Gasteiger partial charge in [-0.25, -0.2) is 4.99 Å². The van der Waals surface area contributed by atoms with Crippen LogP contribution in [0.1, 0.15) is 28.8 Å². The van der Waals surface area contributed by atoms with Crippen molar-refractivity contribution in [1.82, 2.24) is 4.90 Å². The molecule has 0 heterocycles. The Labute approximate surface area is 183 Å². The normalized spacial score (nSPS) is 31.8. The molecule has 10 nitrogen and oxygen atoms in total. The van der Waals surface area contributed by atoms with Crippen LogP contribution in [0.5, 0.6) is 5.75 Å². The number of carbonyl (C=O) groups excluding carboxylic acids is 5. The zero-order valence-corrected chi connectivity index (χ0v) is 17.6. The highest BCUT2D eigenvalue weighted by Crippen LogP contribution is 2.50. The van der Waals surface area contributed by atoms with Crippen LogP contribution in [0, 0.1) is 23.7 Å². The number of hydrogen-bond acceptors (Lipinski definition) is 8. The number of aliphatic hydroxyl groups is 1. The molecule has 1 amide bonds. The van der Waals surface area contributed by atoms with E-state index in [1.165, 1.54) is 12.4 Å². The number of Topliss-reactive ketones (excluding diaryl/α,β-unsaturated/α-hetero) is 4. The fourth-order valence-electron chi connectivity index (χ4n) is 5.25. The lowest BCUT2D eigenvalue weighted by molar-refractivity contribution is -0.175. The van der Waals surface area contributed by atoms with Crippen LogP contribution in [-0.2, 0) is 25.6 Å². The molecule has 2 saturated carbocycles. The number of ketones is 4. The predicted octanol–water partition coefficient (Wildman–Crippen LogP) is -0.452. The Morgan fingerprint density at radius 2 is 1.88 bits per heavy atom. The lowest BCUT2D eigenvalue weighted by Crippen LogP contribution is -2.68. The highest BCUT2D eigenvalue weighted by Gasteiger charge is 2.66. The van der Waals surface area contributed by atoms with E-state index in [2.05, 4.69) is 4.99 Å². The third-order valence-corrected chi connectivity index (χ3v) is 6.69. The van der Waals surface area contributed by atoms with Gasteiger partial charge in [0.05, 0.1) is 23.5 Å². The largest absolute Gasteiger partial charge is 0.507 e. The number of phenols is 1. The van der Waals surface area contributed by atoms with Crippen molar-refractivity contribution in [3.8, 4) is 5.75 Å². The number of carbonyl (C=O) groups is 5. The van der Waals surface area contributed by atoms with E-state index in [0.29, 0.717) is 11.3 Å². The minimum atomic E-state index is -2.64. The van der Waals surface area contributed by atoms with Crippen LogP contribution in [0.25, 0.3) is 0 Å². The van der Waals surface area contributed by atoms with Gasteiger partial charge in [0.25, 0.3) is 0 Å². The summed E-state index contributed by atoms with van der Waals surface area (Å²) in [5.74, 6) is -10.2. The van der Waals surface area contributed by atoms with Crippen molar-refractivity contribution < 1.29 is 34.2 Å². The van der Waals surface area contributed by atoms with Gasteiger partial charge in [-0.1, -0.05) is 0 Å². The van der Waals surface area contributed by atoms with Crippen LogP contribution in [0.3, 0.4) is 0 Å². The Hall–Kier alpha value is -3.40. The second-order valence-corrected chi connectivity index (χ2v) is 8.91. The molecule has 168 valence electrons. The van der Waals surface area contributed by atoms with Gasteiger partial charge in [0.15, 0.2) is 34.7 Å². The van der Waals surface area contributed by atoms with E-state index in [1.54, 1.807) is 25.1 Å². The van der Waals surface area contributed by atoms with Gasteiger partial charge in [-0.05, 0) is 36.5 Å². The maximum atomic E-state index is 13.4. The SMILES string of the molecule is CN(C)C=Nc1ccc(O)c2c1C[C@H]1C[C@H]3CC(=O)C(C(N)=O)C(=O)[C@@]3(O)C(=O)C1C2=O. The van der Waals surface area contributed by atoms with E-state index < -0.39 is 58.3 Å². The van der Waals surface area contributed by atoms with Gasteiger partial charge in [0, 0.05) is 26.4 Å². The molecule has 10 heteroatoms. The van der Waals surface area contributed by atoms with E-state index >= 15 is 0 Å². The van der Waals surface area contributed by atoms with Gasteiger partial charge in [-0.15, -0.1) is 0 Å². The molecule has 4 N–H and O–H groups in total. The van der Waals surface area contributed by atoms with Crippen molar-refractivity contribution in [1.29, 1.82) is 0 Å². The summed E-state index contributed by atoms with van der Waals surface area (Å²) in [6.07, 6.45) is 1.42. The third-order valence-electron chi connectivity index (χ3n) is 6.69. The first-order valence-electron chi connectivity index (χ1n) is 10.2. The van der Waals surface area contributed by atoms with Crippen LogP contribution in [-0.4, -0.2) is 70.2 Å². The molecular weight excluding hydrogens is 418 g/mol. The quantitative estimate of drug-likeness (QED) is 0.322. The summed E-state index contributed by atoms with van der Waals surface area (Å²) in [5.41, 5.74) is 3.38. The topological polar surface area (TPSA) is 167 Å². The summed E-state index contributed by atoms with van der Waals surface area (Å²) in [4.78, 5) is 69.6. The number of rotatable bonds is 3. The number of hydrogen-bond donors (Lipinski definition) is 3. The second kappa shape index (κ2) is 7.33. The zero-order chi connectivity index (χ0) is 23.5. The molecule has 0 aliphatic heterocycles. The summed E-state index contributed by atoms with van der Waals surface area (Å²) in [6, 6.07) is 2.87. The lowest BCUT2D eigenvalue weighted by atomic mass is 9.54. The molecule has 1 aromatic rings. The summed E-state index contributed by atoms with van der Waals surface area (Å²) in [5, 5.41) is 21.5. The number of amides is 1. The van der Waals surface area contributed by atoms with Gasteiger partial charge in [0.2, 0.25) is 5.91 Å². The van der Waals surface area contributed by atoms with Crippen LogP contribution < -0.4 is 5.73 Å². The van der Waals surface area contributed by atoms with Crippen LogP contribution in [0.2, 0.25) is 0 Å². The van der Waals surface area contributed by atoms with Crippen LogP contribution in [0.15, 0.2) is 17.1 Å². The van der Waals surface area contributed by atoms with Gasteiger partial charge in [-0.2, -0.15) is 0 Å². The molecule has 5 atom stereocenters. The molecule has 0 spiro atoms. The Kier molecular flexibility index (Phi) is 5.00. The van der Waals surface area contributed by atoms with Crippen molar-refractivity contribution in [3.05, 3.63) is 23.3 Å². The van der Waals surface area contributed by atoms with Crippen LogP contribution in [0.4, 0.5) is 5.69 Å². The molecule has 3 aliphatic carbocycles. The smallest absolute Gasteiger partial charge is 0.235 e. The molecule has 0 saturated heterocycles. The number of nitrogens with two attached hydrogens (primary N) is 1. The second-order valence-electron chi connectivity index (χ2n) is 8.91. The van der Waals surface area contributed by atoms with E-state index in [9.17, 15) is 34.2 Å². The third kappa shape index (κ3) is 2.97. The van der Waals surface area contributed by atoms with Crippen LogP contribution >= 0.6 is 0 Å². The first-order chi connectivity index (χ1) is 15.0. The fraction of sp³-hybridized carbons (Fsp3) is 0.455. The molecule has 3 aliphatic rings. The molecule has 0 aromatic heterocycles. The minimum Gasteiger partial charge on any atom is -0.507 e. The van der Waals surface area contributed by atoms with Crippen molar-refractivity contribution in [3.63, 3.8) is 0 Å². The Morgan fingerprint density at radius 1 is 1.19 bits per heavy atom. The number of benzene rings is 1. The van der Waals surface area contributed by atoms with E-state index in [0.717, 1.165) is 0 Å². The van der Waals surface area contributed by atoms with Gasteiger partial charge < -0.3 is 20.8 Å². The summed E-state index contributed by atoms with van der Waals surface area (Å²) in [7, 11) is 3.54. The number of primary amides is 1. The Balaban J connectivity index is 1.80. The van der Waals surface area contributed by atoms with Crippen molar-refractivity contribution in [2.75, 3.05) is 14.1 Å². The number of fused-ring (bicyclic) bond motifs is 3. The molecule has 1 aromatic carbocycles. The molecule has 0 radical (unpaired) electrons. The molecule has 2 fully saturated rings. The molecule has 4 rings (SSSR count). The predicted molar refractivity (Wildman–Crippen MR) is 110 cm³/mol. The van der Waals surface area contributed by atoms with Gasteiger partial charge in [-0.3, -0.25) is 24.0 Å². The summed E-state index contributed by atoms with van der Waals surface area (Å²) >= 11 is 0. The summed E-state index contributed by atoms with van der Waals surface area (Å²) < 4.78 is 0. The van der Waals surface area contributed by atoms with E-state index in [-0.39, 0.29) is 30.6 Å². The molecule has 32 heavy (non-hydrogen) atoms. The molecular formula is C22H23N3O7. The van der Waals surface area contributed by atoms with E-state index in [4.69, 9.17) is 5.73 Å². The fourth-order valence-corrected chi connectivity index (χ4v) is 5.25. The van der Waals surface area contributed by atoms with Crippen molar-refractivity contribution in [2.45, 2.75) is 24.9 Å². The minimum absolute atomic E-state index is 0.0491. The van der Waals surface area contributed by atoms with Gasteiger partial charge in [0.1, 0.15) is 5.75 Å². The molecule has 0 bridgehead atoms. The van der Waals surface area contributed by atoms with Crippen molar-refractivity contribution >= 4 is 41.1 Å². The number of phenolic OH excluding ortho intramolecular Hbond substituents is 1. The number of aromatic hydroxyl groups is 1. The highest BCUT2D eigenvalue weighted by molar-refractivity contribution is 6.31. The zero-order valence-electron chi connectivity index (χ0n) is 17.6. The van der Waals surface area contributed by atoms with Crippen molar-refractivity contribution in [2.24, 2.45) is 34.4 Å². The Morgan fingerprint density at radius 3 is 2.50 bits per heavy atom. The summed E-state index contributed by atoms with van der Waals surface area (Å²) in [6.45, 7) is 0. The lowest BCUT2D eigenvalue weighted by Gasteiger charge is -2.48. The first kappa shape index (κ1) is 21.8. The average molecular weight is 441 g/mol. The average Bonchev–Trinajstić information content (AvgIpc) is 2.69. The standard InChI is InChI=1S/C22H23N3O7/c1-25(2)8-24-12-3-4-13(26)16-11(12)6-9-5-10-7-14(27)17(21(23)31)20(30)22(10,32)19(29)15(9)18(16)28/h3-4,8-10,15,17,26,32H,5-7H2,1-2H3,(H2,23,31)/t9-,10+,15?,17?,22+/m1/s1.